The third-order valence-electron chi connectivity index (χ3n) is 20.7. The molecule has 4 aromatic carbocycles. The molecule has 0 bridgehead atoms. The summed E-state index contributed by atoms with van der Waals surface area (Å²) in [6.45, 7) is 28.2. The fourth-order valence-corrected chi connectivity index (χ4v) is 13.6. The zero-order chi connectivity index (χ0) is 73.8. The lowest BCUT2D eigenvalue weighted by Gasteiger charge is -2.23. The van der Waals surface area contributed by atoms with Crippen molar-refractivity contribution in [2.45, 2.75) is 227 Å². The molecule has 4 aromatic rings. The second-order valence-corrected chi connectivity index (χ2v) is 30.1. The minimum absolute atomic E-state index is 0.0648. The Balaban J connectivity index is 0.000000202. The first-order valence-corrected chi connectivity index (χ1v) is 38.0. The number of hydrogen-bond acceptors (Lipinski definition) is 19. The van der Waals surface area contributed by atoms with Crippen molar-refractivity contribution in [2.75, 3.05) is 111 Å². The average molecular weight is 1440 g/mol. The molecule has 23 heteroatoms. The minimum Gasteiger partial charge on any atom is -0.392 e. The van der Waals surface area contributed by atoms with E-state index < -0.39 is 28.6 Å². The van der Waals surface area contributed by atoms with Gasteiger partial charge in [0.1, 0.15) is 11.2 Å². The van der Waals surface area contributed by atoms with E-state index >= 15 is 0 Å². The van der Waals surface area contributed by atoms with Crippen LogP contribution in [0.25, 0.3) is 0 Å². The molecule has 15 atom stereocenters. The molecule has 0 amide bonds. The van der Waals surface area contributed by atoms with Crippen molar-refractivity contribution in [1.82, 2.24) is 58.5 Å². The van der Waals surface area contributed by atoms with Crippen LogP contribution in [0.3, 0.4) is 0 Å². The van der Waals surface area contributed by atoms with Crippen LogP contribution in [0.1, 0.15) is 160 Å². The monoisotopic (exact) mass is 1440 g/mol. The second kappa shape index (κ2) is 45.6. The van der Waals surface area contributed by atoms with Gasteiger partial charge in [-0.3, -0.25) is 0 Å². The van der Waals surface area contributed by atoms with Crippen molar-refractivity contribution >= 4 is 11.6 Å². The van der Waals surface area contributed by atoms with Gasteiger partial charge in [-0.2, -0.15) is 13.2 Å². The van der Waals surface area contributed by atoms with E-state index in [0.29, 0.717) is 37.3 Å². The SMILES string of the molecule is CC1(O)CCNC1.CC1CCNC1C.CC1NCCC1c1ccccc1.CCC1(O)CCNC1.C[C@@H]1C[C@H](O)CN1.C[C@H]1C[C@@H](O)CN1.Clc1ccccc1C[C@H]1CCCN1.OC1(C(F)(F)F)CCNC1.O[C@@]1(c2ccccc2)CCNC1.O[C@H]1CCNC1.O[C@]1(c2ccccc2)CCNC1. The summed E-state index contributed by atoms with van der Waals surface area (Å²) in [6, 6.07) is 41.7. The van der Waals surface area contributed by atoms with Gasteiger partial charge in [0.15, 0.2) is 5.60 Å². The highest BCUT2D eigenvalue weighted by Gasteiger charge is 2.55. The first-order chi connectivity index (χ1) is 48.1. The molecule has 11 fully saturated rings. The molecule has 0 spiro atoms. The standard InChI is InChI=1S/C11H14ClN.C11H15N.2C10H13NO.C6H13NO.C6H13N.C5H8F3NO.3C5H11NO.C4H9NO/c12-11-6-2-1-4-9(11)8-10-5-3-7-13-10;1-9-11(7-8-12-9)10-5-3-2-4-6-10;2*12-10(6-7-11-8-10)9-4-2-1-3-5-9;1-2-6(8)3-4-7-5-6;1-5-3-4-7-6(5)2;6-5(7,8)4(10)1-2-9-3-4;2*1-4-2-5(7)3-6-4;1-5(7)2-3-6-4-5;6-4-1-2-5-3-4/h1-2,4,6,10,13H,3,5,7-8H2;2-6,9,11-12H,7-8H2,1H3;2*1-5,11-12H,6-8H2;7-8H,2-5H2,1H3;5-7H,3-4H2,1-2H3;9-10H,1-3H2;2*4-7H,2-3H2,1H3;6-7H,2-4H2,1H3;4-6H,1-3H2/t10-;;2*10-;;;;2*4-,5+;;4-/m1.10...10.0/s1. The Morgan fingerprint density at radius 2 is 0.960 bits per heavy atom. The summed E-state index contributed by atoms with van der Waals surface area (Å²) >= 11 is 6.07. The van der Waals surface area contributed by atoms with Crippen molar-refractivity contribution in [3.05, 3.63) is 143 Å². The van der Waals surface area contributed by atoms with E-state index in [0.717, 1.165) is 164 Å². The van der Waals surface area contributed by atoms with Crippen molar-refractivity contribution < 1.29 is 54.0 Å². The Morgan fingerprint density at radius 1 is 0.465 bits per heavy atom. The van der Waals surface area contributed by atoms with E-state index in [1.807, 2.05) is 86.6 Å². The van der Waals surface area contributed by atoms with Gasteiger partial charge < -0.3 is 99.3 Å². The van der Waals surface area contributed by atoms with Crippen molar-refractivity contribution in [3.8, 4) is 0 Å². The predicted octanol–water partition coefficient (Wildman–Crippen LogP) is 6.45. The maximum Gasteiger partial charge on any atom is 0.418 e. The summed E-state index contributed by atoms with van der Waals surface area (Å²) in [4.78, 5) is 0. The first kappa shape index (κ1) is 87.8. The van der Waals surface area contributed by atoms with Crippen molar-refractivity contribution in [1.29, 1.82) is 0 Å². The molecule has 19 nitrogen and oxygen atoms in total. The van der Waals surface area contributed by atoms with Crippen LogP contribution < -0.4 is 58.5 Å². The van der Waals surface area contributed by atoms with Crippen LogP contribution in [-0.2, 0) is 17.6 Å². The fourth-order valence-electron chi connectivity index (χ4n) is 13.4. The van der Waals surface area contributed by atoms with Crippen LogP contribution >= 0.6 is 11.6 Å². The second-order valence-electron chi connectivity index (χ2n) is 29.7. The summed E-state index contributed by atoms with van der Waals surface area (Å²) in [6.07, 6.45) is 8.42. The van der Waals surface area contributed by atoms with Crippen LogP contribution in [0.15, 0.2) is 115 Å². The summed E-state index contributed by atoms with van der Waals surface area (Å²) in [7, 11) is 0. The lowest BCUT2D eigenvalue weighted by atomic mass is 9.93. The lowest BCUT2D eigenvalue weighted by molar-refractivity contribution is -0.251. The zero-order valence-electron chi connectivity index (χ0n) is 61.8. The Morgan fingerprint density at radius 3 is 1.26 bits per heavy atom. The van der Waals surface area contributed by atoms with E-state index in [1.54, 1.807) is 0 Å². The van der Waals surface area contributed by atoms with Gasteiger partial charge in [-0.15, -0.1) is 0 Å². The summed E-state index contributed by atoms with van der Waals surface area (Å²) in [5.74, 6) is 1.63. The van der Waals surface area contributed by atoms with E-state index in [4.69, 9.17) is 37.1 Å². The maximum atomic E-state index is 11.9. The van der Waals surface area contributed by atoms with Crippen LogP contribution in [-0.4, -0.2) is 224 Å². The van der Waals surface area contributed by atoms with Gasteiger partial charge in [-0.25, -0.2) is 0 Å². The van der Waals surface area contributed by atoms with Crippen molar-refractivity contribution in [2.24, 2.45) is 5.92 Å². The number of halogens is 4. The minimum atomic E-state index is -4.49. The van der Waals surface area contributed by atoms with Gasteiger partial charge in [0.05, 0.1) is 29.5 Å². The Bertz CT molecular complexity index is 2650. The van der Waals surface area contributed by atoms with E-state index in [-0.39, 0.29) is 43.4 Å². The maximum absolute atomic E-state index is 11.9. The van der Waals surface area contributed by atoms with Gasteiger partial charge in [0.25, 0.3) is 0 Å². The number of nitrogens with one attached hydrogen (secondary N) is 11. The predicted molar refractivity (Wildman–Crippen MR) is 403 cm³/mol. The van der Waals surface area contributed by atoms with Crippen LogP contribution in [0.4, 0.5) is 13.2 Å². The molecular formula is C78H131ClF3N11O8. The van der Waals surface area contributed by atoms with Crippen LogP contribution in [0, 0.1) is 5.92 Å². The van der Waals surface area contributed by atoms with Crippen LogP contribution in [0.2, 0.25) is 5.02 Å². The molecular weight excluding hydrogens is 1310 g/mol. The Hall–Kier alpha value is -3.80. The molecule has 11 heterocycles. The molecule has 0 saturated carbocycles. The van der Waals surface area contributed by atoms with Crippen LogP contribution in [0.5, 0.6) is 0 Å². The highest BCUT2D eigenvalue weighted by atomic mass is 35.5. The van der Waals surface area contributed by atoms with Gasteiger partial charge >= 0.3 is 6.18 Å². The molecule has 0 radical (unpaired) electrons. The van der Waals surface area contributed by atoms with Gasteiger partial charge in [0, 0.05) is 93.5 Å². The largest absolute Gasteiger partial charge is 0.418 e. The number of β-amino-alcohol motifs (C(OH)–C–C–N with tert-alkyl or cyclic N) is 8. The first-order valence-electron chi connectivity index (χ1n) is 37.6. The quantitative estimate of drug-likeness (QED) is 0.0987. The average Bonchev–Trinajstić information content (AvgIpc) is 1.75. The highest BCUT2D eigenvalue weighted by Crippen LogP contribution is 2.35. The third kappa shape index (κ3) is 33.3. The number of rotatable bonds is 6. The number of aliphatic hydroxyl groups excluding tert-OH is 3. The topological polar surface area (TPSA) is 294 Å². The molecule has 15 rings (SSSR count). The van der Waals surface area contributed by atoms with E-state index in [1.165, 1.54) is 49.9 Å². The van der Waals surface area contributed by atoms with Gasteiger partial charge in [0.2, 0.25) is 0 Å². The van der Waals surface area contributed by atoms with E-state index in [2.05, 4.69) is 136 Å². The number of hydrogen-bond donors (Lipinski definition) is 19. The summed E-state index contributed by atoms with van der Waals surface area (Å²) < 4.78 is 35.6. The number of benzene rings is 4. The molecule has 0 aliphatic carbocycles. The Labute approximate surface area is 608 Å². The molecule has 7 unspecified atom stereocenters. The molecule has 574 valence electrons. The molecule has 0 aromatic heterocycles. The molecule has 11 aliphatic rings. The van der Waals surface area contributed by atoms with E-state index in [9.17, 15) is 28.5 Å². The van der Waals surface area contributed by atoms with Crippen molar-refractivity contribution in [3.63, 3.8) is 0 Å². The molecule has 11 saturated heterocycles. The zero-order valence-corrected chi connectivity index (χ0v) is 62.5. The lowest BCUT2D eigenvalue weighted by Crippen LogP contribution is -2.46. The molecule has 101 heavy (non-hydrogen) atoms. The Kier molecular flexibility index (Phi) is 39.7. The number of aliphatic hydroxyl groups is 8. The van der Waals surface area contributed by atoms with Gasteiger partial charge in [-0.1, -0.05) is 135 Å². The molecule has 11 aliphatic heterocycles. The summed E-state index contributed by atoms with van der Waals surface area (Å²) in [5, 5.41) is 109. The normalized spacial score (nSPS) is 33.4. The molecule has 19 N–H and O–H groups in total. The highest BCUT2D eigenvalue weighted by molar-refractivity contribution is 6.31. The number of alkyl halides is 3. The fraction of sp³-hybridized carbons (Fsp3) is 0.692. The third-order valence-corrected chi connectivity index (χ3v) is 21.1. The summed E-state index contributed by atoms with van der Waals surface area (Å²) in [5.41, 5.74) is 0.277. The van der Waals surface area contributed by atoms with Gasteiger partial charge in [-0.05, 0) is 218 Å². The smallest absolute Gasteiger partial charge is 0.392 e.